The van der Waals surface area contributed by atoms with Crippen molar-refractivity contribution < 1.29 is 27.1 Å². The number of amides is 1. The van der Waals surface area contributed by atoms with Crippen molar-refractivity contribution in [3.05, 3.63) is 78.6 Å². The maximum atomic E-state index is 13.4. The van der Waals surface area contributed by atoms with Gasteiger partial charge >= 0.3 is 0 Å². The van der Waals surface area contributed by atoms with E-state index in [1.165, 1.54) is 43.5 Å². The van der Waals surface area contributed by atoms with E-state index in [9.17, 15) is 17.6 Å². The Morgan fingerprint density at radius 3 is 2.42 bits per heavy atom. The van der Waals surface area contributed by atoms with Crippen molar-refractivity contribution in [2.75, 3.05) is 23.3 Å². The fraction of sp³-hybridized carbons (Fsp3) is 0.136. The Labute approximate surface area is 179 Å². The summed E-state index contributed by atoms with van der Waals surface area (Å²) in [7, 11) is -2.49. The lowest BCUT2D eigenvalue weighted by atomic mass is 10.2. The number of para-hydroxylation sites is 2. The van der Waals surface area contributed by atoms with Crippen LogP contribution in [-0.4, -0.2) is 34.1 Å². The normalized spacial score (nSPS) is 15.5. The monoisotopic (exact) mass is 442 g/mol. The molecule has 9 heteroatoms. The molecule has 1 heterocycles. The largest absolute Gasteiger partial charge is 0.497 e. The van der Waals surface area contributed by atoms with Crippen LogP contribution < -0.4 is 19.1 Å². The Morgan fingerprint density at radius 2 is 1.74 bits per heavy atom. The molecule has 0 spiro atoms. The van der Waals surface area contributed by atoms with E-state index in [1.807, 2.05) is 0 Å². The Hall–Kier alpha value is -3.59. The molecule has 1 N–H and O–H groups in total. The second-order valence-electron chi connectivity index (χ2n) is 6.78. The lowest BCUT2D eigenvalue weighted by Crippen LogP contribution is -2.48. The van der Waals surface area contributed by atoms with E-state index in [0.717, 1.165) is 4.31 Å². The summed E-state index contributed by atoms with van der Waals surface area (Å²) < 4.78 is 51.9. The number of carbonyl (C=O) groups is 1. The Morgan fingerprint density at radius 1 is 1.06 bits per heavy atom. The van der Waals surface area contributed by atoms with Gasteiger partial charge in [0.05, 0.1) is 24.2 Å². The predicted molar refractivity (Wildman–Crippen MR) is 113 cm³/mol. The van der Waals surface area contributed by atoms with Crippen molar-refractivity contribution >= 4 is 27.3 Å². The number of carbonyl (C=O) groups excluding carboxylic acids is 1. The molecule has 0 fully saturated rings. The van der Waals surface area contributed by atoms with Crippen molar-refractivity contribution in [3.63, 3.8) is 0 Å². The molecule has 0 radical (unpaired) electrons. The van der Waals surface area contributed by atoms with Gasteiger partial charge in [0.2, 0.25) is 0 Å². The molecule has 4 rings (SSSR count). The van der Waals surface area contributed by atoms with E-state index in [-0.39, 0.29) is 17.2 Å². The number of nitrogens with zero attached hydrogens (tertiary/aromatic N) is 1. The highest BCUT2D eigenvalue weighted by Gasteiger charge is 2.37. The van der Waals surface area contributed by atoms with Crippen LogP contribution in [0, 0.1) is 5.82 Å². The zero-order chi connectivity index (χ0) is 22.0. The third kappa shape index (κ3) is 4.17. The number of ether oxygens (including phenoxy) is 2. The highest BCUT2D eigenvalue weighted by molar-refractivity contribution is 7.92. The van der Waals surface area contributed by atoms with Crippen LogP contribution in [0.15, 0.2) is 77.7 Å². The number of methoxy groups -OCH3 is 1. The van der Waals surface area contributed by atoms with Crippen LogP contribution in [0.5, 0.6) is 11.5 Å². The summed E-state index contributed by atoms with van der Waals surface area (Å²) in [6.45, 7) is -0.224. The number of benzene rings is 3. The number of anilines is 2. The van der Waals surface area contributed by atoms with E-state index < -0.39 is 27.9 Å². The first-order valence-electron chi connectivity index (χ1n) is 9.37. The van der Waals surface area contributed by atoms with Crippen LogP contribution in [0.25, 0.3) is 0 Å². The molecule has 1 aliphatic rings. The lowest BCUT2D eigenvalue weighted by Gasteiger charge is -2.34. The van der Waals surface area contributed by atoms with E-state index in [4.69, 9.17) is 9.47 Å². The standard InChI is InChI=1S/C22H19FN2O5S/c1-29-17-10-12-18(13-11-17)31(27,28)25-14-21(30-20-5-3-2-4-19(20)25)22(26)24-16-8-6-15(23)7-9-16/h2-13,21H,14H2,1H3,(H,24,26). The van der Waals surface area contributed by atoms with Crippen LogP contribution in [0.2, 0.25) is 0 Å². The molecule has 160 valence electrons. The Balaban J connectivity index is 1.65. The van der Waals surface area contributed by atoms with E-state index in [1.54, 1.807) is 36.4 Å². The van der Waals surface area contributed by atoms with Gasteiger partial charge in [-0.3, -0.25) is 9.10 Å². The molecular formula is C22H19FN2O5S. The summed E-state index contributed by atoms with van der Waals surface area (Å²) in [4.78, 5) is 12.8. The number of halogens is 1. The molecule has 0 aromatic heterocycles. The molecule has 3 aromatic carbocycles. The van der Waals surface area contributed by atoms with Crippen LogP contribution in [0.1, 0.15) is 0 Å². The van der Waals surface area contributed by atoms with Gasteiger partial charge in [-0.25, -0.2) is 12.8 Å². The first-order chi connectivity index (χ1) is 14.9. The van der Waals surface area contributed by atoms with E-state index in [0.29, 0.717) is 17.1 Å². The SMILES string of the molecule is COc1ccc(S(=O)(=O)N2CC(C(=O)Nc3ccc(F)cc3)Oc3ccccc32)cc1. The minimum absolute atomic E-state index is 0.0581. The maximum absolute atomic E-state index is 13.4. The summed E-state index contributed by atoms with van der Waals surface area (Å²) in [5.41, 5.74) is 0.711. The van der Waals surface area contributed by atoms with Crippen molar-refractivity contribution in [3.8, 4) is 11.5 Å². The molecular weight excluding hydrogens is 423 g/mol. The number of hydrogen-bond acceptors (Lipinski definition) is 5. The van der Waals surface area contributed by atoms with Gasteiger partial charge in [0.1, 0.15) is 17.3 Å². The average Bonchev–Trinajstić information content (AvgIpc) is 2.79. The third-order valence-electron chi connectivity index (χ3n) is 4.79. The second kappa shape index (κ2) is 8.27. The molecule has 1 amide bonds. The quantitative estimate of drug-likeness (QED) is 0.655. The fourth-order valence-electron chi connectivity index (χ4n) is 3.20. The number of nitrogens with one attached hydrogen (secondary N) is 1. The summed E-state index contributed by atoms with van der Waals surface area (Å²) in [5.74, 6) is -0.184. The van der Waals surface area contributed by atoms with Crippen molar-refractivity contribution in [1.82, 2.24) is 0 Å². The van der Waals surface area contributed by atoms with Crippen molar-refractivity contribution in [1.29, 1.82) is 0 Å². The smallest absolute Gasteiger partial charge is 0.267 e. The second-order valence-corrected chi connectivity index (χ2v) is 8.64. The van der Waals surface area contributed by atoms with Crippen LogP contribution >= 0.6 is 0 Å². The Kier molecular flexibility index (Phi) is 5.51. The molecule has 1 atom stereocenters. The minimum Gasteiger partial charge on any atom is -0.497 e. The zero-order valence-corrected chi connectivity index (χ0v) is 17.3. The summed E-state index contributed by atoms with van der Waals surface area (Å²) in [6.07, 6.45) is -1.10. The van der Waals surface area contributed by atoms with Crippen molar-refractivity contribution in [2.45, 2.75) is 11.0 Å². The number of fused-ring (bicyclic) bond motifs is 1. The third-order valence-corrected chi connectivity index (χ3v) is 6.58. The van der Waals surface area contributed by atoms with Crippen LogP contribution in [0.3, 0.4) is 0 Å². The molecule has 1 unspecified atom stereocenters. The first-order valence-corrected chi connectivity index (χ1v) is 10.8. The Bertz CT molecular complexity index is 1200. The van der Waals surface area contributed by atoms with E-state index >= 15 is 0 Å². The molecule has 3 aromatic rings. The molecule has 0 bridgehead atoms. The van der Waals surface area contributed by atoms with Gasteiger partial charge in [0.15, 0.2) is 6.10 Å². The number of sulfonamides is 1. The van der Waals surface area contributed by atoms with Gasteiger partial charge in [0, 0.05) is 5.69 Å². The predicted octanol–water partition coefficient (Wildman–Crippen LogP) is 3.43. The minimum atomic E-state index is -3.98. The van der Waals surface area contributed by atoms with Gasteiger partial charge in [-0.05, 0) is 60.7 Å². The fourth-order valence-corrected chi connectivity index (χ4v) is 4.67. The van der Waals surface area contributed by atoms with Gasteiger partial charge in [-0.15, -0.1) is 0 Å². The molecule has 0 saturated carbocycles. The topological polar surface area (TPSA) is 84.9 Å². The molecule has 1 aliphatic heterocycles. The molecule has 31 heavy (non-hydrogen) atoms. The van der Waals surface area contributed by atoms with Gasteiger partial charge < -0.3 is 14.8 Å². The first kappa shape index (κ1) is 20.7. The average molecular weight is 442 g/mol. The summed E-state index contributed by atoms with van der Waals surface area (Å²) >= 11 is 0. The number of hydrogen-bond donors (Lipinski definition) is 1. The highest BCUT2D eigenvalue weighted by Crippen LogP contribution is 2.37. The molecule has 0 aliphatic carbocycles. The van der Waals surface area contributed by atoms with Crippen LogP contribution in [0.4, 0.5) is 15.8 Å². The number of rotatable bonds is 5. The summed E-state index contributed by atoms with van der Waals surface area (Å²) in [5, 5.41) is 2.63. The van der Waals surface area contributed by atoms with Gasteiger partial charge in [-0.1, -0.05) is 12.1 Å². The molecule has 7 nitrogen and oxygen atoms in total. The maximum Gasteiger partial charge on any atom is 0.267 e. The summed E-state index contributed by atoms with van der Waals surface area (Å²) in [6, 6.07) is 17.9. The van der Waals surface area contributed by atoms with Gasteiger partial charge in [0.25, 0.3) is 15.9 Å². The highest BCUT2D eigenvalue weighted by atomic mass is 32.2. The lowest BCUT2D eigenvalue weighted by molar-refractivity contribution is -0.122. The van der Waals surface area contributed by atoms with E-state index in [2.05, 4.69) is 5.32 Å². The van der Waals surface area contributed by atoms with Gasteiger partial charge in [-0.2, -0.15) is 0 Å². The van der Waals surface area contributed by atoms with Crippen molar-refractivity contribution in [2.24, 2.45) is 0 Å². The molecule has 0 saturated heterocycles. The zero-order valence-electron chi connectivity index (χ0n) is 16.5. The van der Waals surface area contributed by atoms with Crippen LogP contribution in [-0.2, 0) is 14.8 Å².